The van der Waals surface area contributed by atoms with Crippen molar-refractivity contribution in [2.24, 2.45) is 5.73 Å². The van der Waals surface area contributed by atoms with Crippen molar-refractivity contribution in [2.75, 3.05) is 18.6 Å². The molecule has 5 nitrogen and oxygen atoms in total. The van der Waals surface area contributed by atoms with Crippen LogP contribution in [0.1, 0.15) is 20.3 Å². The Morgan fingerprint density at radius 2 is 2.28 bits per heavy atom. The molecule has 1 aromatic heterocycles. The molecule has 0 atom stereocenters. The number of methoxy groups -OCH3 is 1. The molecule has 1 aromatic rings. The molecule has 0 bridgehead atoms. The Kier molecular flexibility index (Phi) is 5.74. The van der Waals surface area contributed by atoms with E-state index in [9.17, 15) is 0 Å². The average molecular weight is 333 g/mol. The van der Waals surface area contributed by atoms with Crippen LogP contribution in [0.3, 0.4) is 0 Å². The lowest BCUT2D eigenvalue weighted by molar-refractivity contribution is 0.393. The molecular formula is C11H17BrN4OS. The molecule has 2 N–H and O–H groups in total. The number of hydrogen-bond donors (Lipinski definition) is 1. The second-order valence-corrected chi connectivity index (χ2v) is 5.41. The molecule has 0 radical (unpaired) electrons. The first-order valence-corrected chi connectivity index (χ1v) is 6.77. The van der Waals surface area contributed by atoms with Crippen LogP contribution in [-0.2, 0) is 0 Å². The van der Waals surface area contributed by atoms with E-state index >= 15 is 0 Å². The fourth-order valence-electron chi connectivity index (χ4n) is 1.44. The van der Waals surface area contributed by atoms with Crippen LogP contribution < -0.4 is 15.4 Å². The molecule has 100 valence electrons. The van der Waals surface area contributed by atoms with Gasteiger partial charge in [0.05, 0.1) is 22.8 Å². The Balaban J connectivity index is 2.94. The maximum atomic E-state index is 5.53. The summed E-state index contributed by atoms with van der Waals surface area (Å²) in [5.41, 5.74) is 5.53. The zero-order valence-electron chi connectivity index (χ0n) is 10.7. The van der Waals surface area contributed by atoms with Gasteiger partial charge in [-0.1, -0.05) is 12.2 Å². The van der Waals surface area contributed by atoms with Crippen molar-refractivity contribution >= 4 is 39.1 Å². The Morgan fingerprint density at radius 1 is 1.61 bits per heavy atom. The third-order valence-electron chi connectivity index (χ3n) is 2.37. The minimum Gasteiger partial charge on any atom is -0.480 e. The lowest BCUT2D eigenvalue weighted by atomic mass is 10.3. The molecule has 0 spiro atoms. The summed E-state index contributed by atoms with van der Waals surface area (Å²) < 4.78 is 5.89. The highest BCUT2D eigenvalue weighted by atomic mass is 79.9. The van der Waals surface area contributed by atoms with Gasteiger partial charge >= 0.3 is 0 Å². The Morgan fingerprint density at radius 3 is 2.78 bits per heavy atom. The van der Waals surface area contributed by atoms with Gasteiger partial charge in [-0.05, 0) is 29.8 Å². The molecule has 0 unspecified atom stereocenters. The monoisotopic (exact) mass is 332 g/mol. The van der Waals surface area contributed by atoms with E-state index in [0.717, 1.165) is 4.47 Å². The number of aromatic nitrogens is 2. The number of anilines is 1. The lowest BCUT2D eigenvalue weighted by Crippen LogP contribution is -2.35. The van der Waals surface area contributed by atoms with Crippen LogP contribution >= 0.6 is 28.1 Å². The van der Waals surface area contributed by atoms with Crippen LogP contribution in [0, 0.1) is 0 Å². The van der Waals surface area contributed by atoms with Gasteiger partial charge in [0.2, 0.25) is 11.8 Å². The van der Waals surface area contributed by atoms with Gasteiger partial charge in [-0.25, -0.2) is 4.98 Å². The van der Waals surface area contributed by atoms with Crippen molar-refractivity contribution in [1.82, 2.24) is 9.97 Å². The molecule has 0 saturated carbocycles. The highest BCUT2D eigenvalue weighted by molar-refractivity contribution is 9.10. The molecule has 0 aliphatic heterocycles. The van der Waals surface area contributed by atoms with E-state index < -0.39 is 0 Å². The van der Waals surface area contributed by atoms with E-state index in [0.29, 0.717) is 29.8 Å². The summed E-state index contributed by atoms with van der Waals surface area (Å²) in [6.45, 7) is 4.83. The van der Waals surface area contributed by atoms with Crippen molar-refractivity contribution in [3.63, 3.8) is 0 Å². The minimum absolute atomic E-state index is 0.255. The van der Waals surface area contributed by atoms with Crippen molar-refractivity contribution in [1.29, 1.82) is 0 Å². The quantitative estimate of drug-likeness (QED) is 0.805. The number of thiocarbonyl (C=S) groups is 1. The molecule has 0 fully saturated rings. The normalized spacial score (nSPS) is 10.5. The second kappa shape index (κ2) is 6.84. The third-order valence-corrected chi connectivity index (χ3v) is 3.12. The van der Waals surface area contributed by atoms with Gasteiger partial charge in [0.1, 0.15) is 0 Å². The topological polar surface area (TPSA) is 64.3 Å². The van der Waals surface area contributed by atoms with Gasteiger partial charge in [-0.3, -0.25) is 0 Å². The summed E-state index contributed by atoms with van der Waals surface area (Å²) >= 11 is 8.23. The maximum Gasteiger partial charge on any atom is 0.232 e. The first-order valence-electron chi connectivity index (χ1n) is 5.57. The van der Waals surface area contributed by atoms with E-state index in [-0.39, 0.29) is 6.04 Å². The molecule has 18 heavy (non-hydrogen) atoms. The highest BCUT2D eigenvalue weighted by Crippen LogP contribution is 2.24. The molecular weight excluding hydrogens is 316 g/mol. The molecule has 0 aromatic carbocycles. The van der Waals surface area contributed by atoms with Crippen molar-refractivity contribution in [3.05, 3.63) is 10.7 Å². The maximum absolute atomic E-state index is 5.53. The number of nitrogens with two attached hydrogens (primary N) is 1. The summed E-state index contributed by atoms with van der Waals surface area (Å²) in [5, 5.41) is 0. The lowest BCUT2D eigenvalue weighted by Gasteiger charge is -2.26. The fraction of sp³-hybridized carbons (Fsp3) is 0.545. The van der Waals surface area contributed by atoms with Crippen LogP contribution in [0.15, 0.2) is 10.7 Å². The molecule has 0 amide bonds. The smallest absolute Gasteiger partial charge is 0.232 e. The van der Waals surface area contributed by atoms with E-state index in [1.165, 1.54) is 0 Å². The number of nitrogens with zero attached hydrogens (tertiary/aromatic N) is 3. The number of ether oxygens (including phenoxy) is 1. The third kappa shape index (κ3) is 4.06. The predicted octanol–water partition coefficient (Wildman–Crippen LogP) is 2.14. The fourth-order valence-corrected chi connectivity index (χ4v) is 1.89. The van der Waals surface area contributed by atoms with Gasteiger partial charge in [-0.2, -0.15) is 4.98 Å². The summed E-state index contributed by atoms with van der Waals surface area (Å²) in [6, 6.07) is 0.255. The number of hydrogen-bond acceptors (Lipinski definition) is 5. The Hall–Kier alpha value is -0.950. The zero-order chi connectivity index (χ0) is 13.7. The average Bonchev–Trinajstić information content (AvgIpc) is 2.30. The summed E-state index contributed by atoms with van der Waals surface area (Å²) in [4.78, 5) is 11.2. The SMILES string of the molecule is COc1nc(N(CCC(N)=S)C(C)C)ncc1Br. The van der Waals surface area contributed by atoms with Gasteiger partial charge in [0.15, 0.2) is 0 Å². The van der Waals surface area contributed by atoms with Crippen LogP contribution in [-0.4, -0.2) is 34.7 Å². The van der Waals surface area contributed by atoms with Crippen molar-refractivity contribution < 1.29 is 4.74 Å². The molecule has 0 aliphatic rings. The van der Waals surface area contributed by atoms with Gasteiger partial charge in [0, 0.05) is 19.0 Å². The van der Waals surface area contributed by atoms with Crippen LogP contribution in [0.5, 0.6) is 5.88 Å². The van der Waals surface area contributed by atoms with Crippen LogP contribution in [0.4, 0.5) is 5.95 Å². The van der Waals surface area contributed by atoms with E-state index in [4.69, 9.17) is 22.7 Å². The van der Waals surface area contributed by atoms with Crippen LogP contribution in [0.25, 0.3) is 0 Å². The molecule has 1 heterocycles. The Bertz CT molecular complexity index is 428. The first kappa shape index (κ1) is 15.1. The molecule has 1 rings (SSSR count). The van der Waals surface area contributed by atoms with E-state index in [1.54, 1.807) is 13.3 Å². The van der Waals surface area contributed by atoms with Gasteiger partial charge in [0.25, 0.3) is 0 Å². The minimum atomic E-state index is 0.255. The number of rotatable bonds is 6. The Labute approximate surface area is 121 Å². The van der Waals surface area contributed by atoms with Gasteiger partial charge in [-0.15, -0.1) is 0 Å². The van der Waals surface area contributed by atoms with E-state index in [1.807, 2.05) is 4.90 Å². The highest BCUT2D eigenvalue weighted by Gasteiger charge is 2.15. The van der Waals surface area contributed by atoms with Gasteiger partial charge < -0.3 is 15.4 Å². The largest absolute Gasteiger partial charge is 0.480 e. The van der Waals surface area contributed by atoms with Crippen molar-refractivity contribution in [2.45, 2.75) is 26.3 Å². The van der Waals surface area contributed by atoms with Crippen LogP contribution in [0.2, 0.25) is 0 Å². The first-order chi connectivity index (χ1) is 8.45. The number of halogens is 1. The second-order valence-electron chi connectivity index (χ2n) is 4.03. The zero-order valence-corrected chi connectivity index (χ0v) is 13.1. The summed E-state index contributed by atoms with van der Waals surface area (Å²) in [5.74, 6) is 1.13. The van der Waals surface area contributed by atoms with Crippen molar-refractivity contribution in [3.8, 4) is 5.88 Å². The predicted molar refractivity (Wildman–Crippen MR) is 80.2 cm³/mol. The molecule has 7 heteroatoms. The molecule has 0 saturated heterocycles. The standard InChI is InChI=1S/C11H17BrN4OS/c1-7(2)16(5-4-9(13)18)11-14-6-8(12)10(15-11)17-3/h6-7H,4-5H2,1-3H3,(H2,13,18). The summed E-state index contributed by atoms with van der Waals surface area (Å²) in [6.07, 6.45) is 2.31. The molecule has 0 aliphatic carbocycles. The van der Waals surface area contributed by atoms with E-state index in [2.05, 4.69) is 39.7 Å². The summed E-state index contributed by atoms with van der Waals surface area (Å²) in [7, 11) is 1.57.